The molecule has 4 nitrogen and oxygen atoms in total. The number of para-hydroxylation sites is 1. The molecule has 0 radical (unpaired) electrons. The summed E-state index contributed by atoms with van der Waals surface area (Å²) in [5, 5.41) is 20.4. The van der Waals surface area contributed by atoms with Crippen molar-refractivity contribution in [2.45, 2.75) is 50.7 Å². The highest BCUT2D eigenvalue weighted by molar-refractivity contribution is 5.36. The van der Waals surface area contributed by atoms with Crippen molar-refractivity contribution >= 4 is 0 Å². The smallest absolute Gasteiger partial charge is 0.165 e. The van der Waals surface area contributed by atoms with Gasteiger partial charge in [0.05, 0.1) is 24.3 Å². The van der Waals surface area contributed by atoms with Crippen molar-refractivity contribution in [3.05, 3.63) is 29.8 Å². The molecule has 1 saturated carbocycles. The second-order valence-electron chi connectivity index (χ2n) is 6.90. The van der Waals surface area contributed by atoms with Crippen LogP contribution < -0.4 is 9.64 Å². The van der Waals surface area contributed by atoms with Crippen LogP contribution in [0.25, 0.3) is 0 Å². The minimum atomic E-state index is -0.568. The second-order valence-corrected chi connectivity index (χ2v) is 6.90. The number of rotatable bonds is 4. The third-order valence-corrected chi connectivity index (χ3v) is 5.65. The van der Waals surface area contributed by atoms with Crippen LogP contribution in [0.4, 0.5) is 0 Å². The highest BCUT2D eigenvalue weighted by Crippen LogP contribution is 2.45. The SMILES string of the molecule is CCOc1ccccc1[C@H]1[C@H]2CCCC[C@]2(O)CC[NH+]1CC#N. The number of nitrogens with zero attached hydrogens (tertiary/aromatic N) is 1. The summed E-state index contributed by atoms with van der Waals surface area (Å²) in [5.74, 6) is 1.13. The Kier molecular flexibility index (Phi) is 4.89. The molecule has 1 heterocycles. The Balaban J connectivity index is 2.01. The monoisotopic (exact) mass is 315 g/mol. The highest BCUT2D eigenvalue weighted by Gasteiger charge is 2.52. The molecule has 0 aromatic heterocycles. The van der Waals surface area contributed by atoms with E-state index in [1.54, 1.807) is 0 Å². The van der Waals surface area contributed by atoms with Gasteiger partial charge in [-0.1, -0.05) is 25.0 Å². The van der Waals surface area contributed by atoms with Crippen molar-refractivity contribution in [3.8, 4) is 11.8 Å². The molecule has 4 heteroatoms. The lowest BCUT2D eigenvalue weighted by atomic mass is 9.66. The minimum Gasteiger partial charge on any atom is -0.493 e. The summed E-state index contributed by atoms with van der Waals surface area (Å²) in [4.78, 5) is 1.27. The van der Waals surface area contributed by atoms with E-state index in [-0.39, 0.29) is 12.0 Å². The molecule has 1 saturated heterocycles. The molecule has 23 heavy (non-hydrogen) atoms. The van der Waals surface area contributed by atoms with Gasteiger partial charge in [-0.3, -0.25) is 0 Å². The summed E-state index contributed by atoms with van der Waals surface area (Å²) in [6.45, 7) is 3.96. The summed E-state index contributed by atoms with van der Waals surface area (Å²) in [6.07, 6.45) is 5.02. The number of piperidine rings is 1. The lowest BCUT2D eigenvalue weighted by Gasteiger charge is -2.49. The Morgan fingerprint density at radius 2 is 2.17 bits per heavy atom. The quantitative estimate of drug-likeness (QED) is 0.834. The van der Waals surface area contributed by atoms with Crippen LogP contribution >= 0.6 is 0 Å². The standard InChI is InChI=1S/C19H26N2O2/c1-2-23-17-9-4-3-7-15(17)18-16-8-5-6-10-19(16,22)11-13-21(18)14-12-20/h3-4,7,9,16,18,22H,2,5-6,8,10-11,13-14H2,1H3/p+1/t16-,18+,19+/m1/s1. The van der Waals surface area contributed by atoms with Gasteiger partial charge >= 0.3 is 0 Å². The van der Waals surface area contributed by atoms with Crippen molar-refractivity contribution in [1.29, 1.82) is 5.26 Å². The first kappa shape index (κ1) is 16.3. The predicted molar refractivity (Wildman–Crippen MR) is 88.2 cm³/mol. The Morgan fingerprint density at radius 3 is 2.96 bits per heavy atom. The van der Waals surface area contributed by atoms with Gasteiger partial charge in [-0.15, -0.1) is 0 Å². The Morgan fingerprint density at radius 1 is 1.35 bits per heavy atom. The largest absolute Gasteiger partial charge is 0.493 e. The van der Waals surface area contributed by atoms with Gasteiger partial charge in [0.25, 0.3) is 0 Å². The predicted octanol–water partition coefficient (Wildman–Crippen LogP) is 1.86. The molecule has 1 unspecified atom stereocenters. The van der Waals surface area contributed by atoms with Crippen LogP contribution in [0.3, 0.4) is 0 Å². The number of benzene rings is 1. The fraction of sp³-hybridized carbons (Fsp3) is 0.632. The van der Waals surface area contributed by atoms with Gasteiger partial charge in [0, 0.05) is 12.3 Å². The molecule has 0 bridgehead atoms. The van der Waals surface area contributed by atoms with E-state index in [1.807, 2.05) is 25.1 Å². The number of nitrogens with one attached hydrogen (secondary N) is 1. The first-order valence-electron chi connectivity index (χ1n) is 8.85. The van der Waals surface area contributed by atoms with E-state index in [9.17, 15) is 10.4 Å². The van der Waals surface area contributed by atoms with Gasteiger partial charge in [0.15, 0.2) is 6.54 Å². The van der Waals surface area contributed by atoms with E-state index in [1.165, 1.54) is 11.3 Å². The molecule has 1 aliphatic carbocycles. The number of hydrogen-bond acceptors (Lipinski definition) is 3. The number of fused-ring (bicyclic) bond motifs is 1. The van der Waals surface area contributed by atoms with E-state index in [4.69, 9.17) is 4.74 Å². The maximum atomic E-state index is 11.2. The molecule has 3 rings (SSSR count). The average molecular weight is 315 g/mol. The average Bonchev–Trinajstić information content (AvgIpc) is 2.56. The Labute approximate surface area is 138 Å². The van der Waals surface area contributed by atoms with Crippen LogP contribution in [0.5, 0.6) is 5.75 Å². The van der Waals surface area contributed by atoms with Gasteiger partial charge in [-0.25, -0.2) is 0 Å². The minimum absolute atomic E-state index is 0.149. The summed E-state index contributed by atoms with van der Waals surface area (Å²) in [5.41, 5.74) is 0.589. The first-order chi connectivity index (χ1) is 11.2. The molecular weight excluding hydrogens is 288 g/mol. The maximum absolute atomic E-state index is 11.2. The van der Waals surface area contributed by atoms with Gasteiger partial charge in [-0.2, -0.15) is 5.26 Å². The topological polar surface area (TPSA) is 57.7 Å². The molecule has 4 atom stereocenters. The molecule has 1 aromatic rings. The molecule has 0 amide bonds. The third-order valence-electron chi connectivity index (χ3n) is 5.65. The van der Waals surface area contributed by atoms with Gasteiger partial charge in [-0.05, 0) is 31.9 Å². The van der Waals surface area contributed by atoms with E-state index in [2.05, 4.69) is 12.1 Å². The van der Waals surface area contributed by atoms with E-state index < -0.39 is 5.60 Å². The van der Waals surface area contributed by atoms with Crippen LogP contribution in [0.2, 0.25) is 0 Å². The normalized spacial score (nSPS) is 33.5. The Hall–Kier alpha value is -1.57. The molecular formula is C19H27N2O2+. The number of nitriles is 1. The zero-order chi connectivity index (χ0) is 16.3. The van der Waals surface area contributed by atoms with Crippen molar-refractivity contribution in [2.24, 2.45) is 5.92 Å². The molecule has 124 valence electrons. The zero-order valence-electron chi connectivity index (χ0n) is 13.9. The first-order valence-corrected chi connectivity index (χ1v) is 8.85. The number of aliphatic hydroxyl groups is 1. The van der Waals surface area contributed by atoms with Crippen LogP contribution in [0, 0.1) is 17.2 Å². The van der Waals surface area contributed by atoms with E-state index in [0.29, 0.717) is 13.2 Å². The molecule has 0 spiro atoms. The fourth-order valence-corrected chi connectivity index (χ4v) is 4.61. The summed E-state index contributed by atoms with van der Waals surface area (Å²) in [6, 6.07) is 10.7. The lowest BCUT2D eigenvalue weighted by Crippen LogP contribution is -3.15. The number of likely N-dealkylation sites (tertiary alicyclic amines) is 1. The van der Waals surface area contributed by atoms with E-state index in [0.717, 1.165) is 43.5 Å². The summed E-state index contributed by atoms with van der Waals surface area (Å²) in [7, 11) is 0. The van der Waals surface area contributed by atoms with Crippen molar-refractivity contribution < 1.29 is 14.7 Å². The maximum Gasteiger partial charge on any atom is 0.165 e. The third kappa shape index (κ3) is 3.08. The van der Waals surface area contributed by atoms with Gasteiger partial charge in [0.1, 0.15) is 17.9 Å². The summed E-state index contributed by atoms with van der Waals surface area (Å²) >= 11 is 0. The van der Waals surface area contributed by atoms with Crippen molar-refractivity contribution in [2.75, 3.05) is 19.7 Å². The van der Waals surface area contributed by atoms with Gasteiger partial charge in [0.2, 0.25) is 0 Å². The molecule has 2 aliphatic rings. The number of quaternary nitrogens is 1. The molecule has 1 aliphatic heterocycles. The lowest BCUT2D eigenvalue weighted by molar-refractivity contribution is -0.938. The molecule has 2 fully saturated rings. The number of ether oxygens (including phenoxy) is 1. The zero-order valence-corrected chi connectivity index (χ0v) is 13.9. The number of hydrogen-bond donors (Lipinski definition) is 2. The van der Waals surface area contributed by atoms with Crippen LogP contribution in [-0.4, -0.2) is 30.4 Å². The summed E-state index contributed by atoms with van der Waals surface area (Å²) < 4.78 is 5.85. The highest BCUT2D eigenvalue weighted by atomic mass is 16.5. The Bertz CT molecular complexity index is 583. The van der Waals surface area contributed by atoms with E-state index >= 15 is 0 Å². The van der Waals surface area contributed by atoms with Crippen molar-refractivity contribution in [1.82, 2.24) is 0 Å². The van der Waals surface area contributed by atoms with Crippen LogP contribution in [-0.2, 0) is 0 Å². The van der Waals surface area contributed by atoms with Crippen molar-refractivity contribution in [3.63, 3.8) is 0 Å². The second kappa shape index (κ2) is 6.90. The molecule has 1 aromatic carbocycles. The van der Waals surface area contributed by atoms with Gasteiger partial charge < -0.3 is 14.7 Å². The van der Waals surface area contributed by atoms with Crippen LogP contribution in [0.1, 0.15) is 50.6 Å². The molecule has 2 N–H and O–H groups in total. The van der Waals surface area contributed by atoms with Crippen LogP contribution in [0.15, 0.2) is 24.3 Å². The fourth-order valence-electron chi connectivity index (χ4n) is 4.61.